The highest BCUT2D eigenvalue weighted by atomic mass is 79.9. The average Bonchev–Trinajstić information content (AvgIpc) is 2.49. The van der Waals surface area contributed by atoms with E-state index in [1.54, 1.807) is 17.2 Å². The second-order valence-corrected chi connectivity index (χ2v) is 5.90. The Kier molecular flexibility index (Phi) is 5.96. The van der Waals surface area contributed by atoms with E-state index in [9.17, 15) is 9.59 Å². The molecule has 1 aliphatic heterocycles. The van der Waals surface area contributed by atoms with E-state index < -0.39 is 0 Å². The fourth-order valence-corrected chi connectivity index (χ4v) is 2.74. The quantitative estimate of drug-likeness (QED) is 0.836. The zero-order valence-corrected chi connectivity index (χ0v) is 13.3. The van der Waals surface area contributed by atoms with Crippen molar-refractivity contribution < 1.29 is 14.6 Å². The summed E-state index contributed by atoms with van der Waals surface area (Å²) in [6, 6.07) is 3.10. The number of halogens is 1. The first-order valence-electron chi connectivity index (χ1n) is 6.96. The highest BCUT2D eigenvalue weighted by Gasteiger charge is 2.23. The fraction of sp³-hybridized carbons (Fsp3) is 0.571. The molecule has 1 fully saturated rings. The zero-order chi connectivity index (χ0) is 15.2. The maximum Gasteiger partial charge on any atom is 0.251 e. The van der Waals surface area contributed by atoms with Gasteiger partial charge in [-0.2, -0.15) is 0 Å². The van der Waals surface area contributed by atoms with Crippen LogP contribution >= 0.6 is 15.9 Å². The van der Waals surface area contributed by atoms with Gasteiger partial charge in [-0.05, 0) is 34.8 Å². The van der Waals surface area contributed by atoms with Crippen LogP contribution in [0.5, 0.6) is 0 Å². The molecular weight excluding hydrogens is 340 g/mol. The zero-order valence-electron chi connectivity index (χ0n) is 11.7. The van der Waals surface area contributed by atoms with E-state index in [-0.39, 0.29) is 30.7 Å². The Hall–Kier alpha value is -1.18. The molecule has 0 spiro atoms. The summed E-state index contributed by atoms with van der Waals surface area (Å²) in [6.07, 6.45) is 3.25. The molecular formula is C14H19BrN2O4. The molecule has 0 radical (unpaired) electrons. The standard InChI is InChI=1S/C14H19BrN2O4/c15-11-1-2-13(19)17(9-11)10-14(20)16-5-3-12(4-6-16)21-8-7-18/h1-2,9,12,18H,3-8,10H2. The molecule has 6 nitrogen and oxygen atoms in total. The number of nitrogens with zero attached hydrogens (tertiary/aromatic N) is 2. The number of hydrogen-bond donors (Lipinski definition) is 1. The Morgan fingerprint density at radius 1 is 1.38 bits per heavy atom. The van der Waals surface area contributed by atoms with Crippen molar-refractivity contribution in [2.75, 3.05) is 26.3 Å². The van der Waals surface area contributed by atoms with Crippen LogP contribution < -0.4 is 5.56 Å². The lowest BCUT2D eigenvalue weighted by Gasteiger charge is -2.32. The number of amides is 1. The second kappa shape index (κ2) is 7.72. The highest BCUT2D eigenvalue weighted by molar-refractivity contribution is 9.10. The number of hydrogen-bond acceptors (Lipinski definition) is 4. The second-order valence-electron chi connectivity index (χ2n) is 4.99. The maximum atomic E-state index is 12.2. The number of rotatable bonds is 5. The number of carbonyl (C=O) groups excluding carboxylic acids is 1. The summed E-state index contributed by atoms with van der Waals surface area (Å²) in [5.41, 5.74) is -0.187. The minimum atomic E-state index is -0.187. The summed E-state index contributed by atoms with van der Waals surface area (Å²) in [6.45, 7) is 1.66. The molecule has 1 saturated heterocycles. The van der Waals surface area contributed by atoms with E-state index in [1.807, 2.05) is 0 Å². The third-order valence-corrected chi connectivity index (χ3v) is 3.96. The van der Waals surface area contributed by atoms with Crippen molar-refractivity contribution >= 4 is 21.8 Å². The smallest absolute Gasteiger partial charge is 0.251 e. The molecule has 116 valence electrons. The van der Waals surface area contributed by atoms with Gasteiger partial charge in [0.25, 0.3) is 5.56 Å². The Balaban J connectivity index is 1.87. The molecule has 7 heteroatoms. The van der Waals surface area contributed by atoms with E-state index in [2.05, 4.69) is 15.9 Å². The van der Waals surface area contributed by atoms with Crippen LogP contribution in [0.1, 0.15) is 12.8 Å². The van der Waals surface area contributed by atoms with Gasteiger partial charge in [0.05, 0.1) is 19.3 Å². The molecule has 0 atom stereocenters. The largest absolute Gasteiger partial charge is 0.394 e. The van der Waals surface area contributed by atoms with Gasteiger partial charge < -0.3 is 19.3 Å². The van der Waals surface area contributed by atoms with Gasteiger partial charge >= 0.3 is 0 Å². The summed E-state index contributed by atoms with van der Waals surface area (Å²) in [7, 11) is 0. The van der Waals surface area contributed by atoms with Gasteiger partial charge in [-0.1, -0.05) is 0 Å². The number of piperidine rings is 1. The summed E-state index contributed by atoms with van der Waals surface area (Å²) in [5, 5.41) is 8.72. The van der Waals surface area contributed by atoms with E-state index in [0.29, 0.717) is 19.7 Å². The SMILES string of the molecule is O=C(Cn1cc(Br)ccc1=O)N1CCC(OCCO)CC1. The van der Waals surface area contributed by atoms with Crippen LogP contribution in [0.15, 0.2) is 27.6 Å². The normalized spacial score (nSPS) is 16.2. The Labute approximate surface area is 131 Å². The average molecular weight is 359 g/mol. The Bertz CT molecular complexity index is 538. The van der Waals surface area contributed by atoms with Gasteiger partial charge in [0.15, 0.2) is 0 Å². The number of ether oxygens (including phenoxy) is 1. The third kappa shape index (κ3) is 4.66. The number of aliphatic hydroxyl groups excluding tert-OH is 1. The first-order chi connectivity index (χ1) is 10.1. The number of pyridine rings is 1. The minimum absolute atomic E-state index is 0.0188. The molecule has 2 rings (SSSR count). The van der Waals surface area contributed by atoms with E-state index in [4.69, 9.17) is 9.84 Å². The number of aromatic nitrogens is 1. The lowest BCUT2D eigenvalue weighted by Crippen LogP contribution is -2.43. The van der Waals surface area contributed by atoms with Crippen LogP contribution in [0, 0.1) is 0 Å². The first-order valence-corrected chi connectivity index (χ1v) is 7.75. The third-order valence-electron chi connectivity index (χ3n) is 3.49. The van der Waals surface area contributed by atoms with Gasteiger partial charge in [0.1, 0.15) is 6.54 Å². The summed E-state index contributed by atoms with van der Waals surface area (Å²) < 4.78 is 7.64. The van der Waals surface area contributed by atoms with Gasteiger partial charge in [0, 0.05) is 29.8 Å². The predicted octanol–water partition coefficient (Wildman–Crippen LogP) is 0.611. The van der Waals surface area contributed by atoms with E-state index in [0.717, 1.165) is 17.3 Å². The van der Waals surface area contributed by atoms with Crippen LogP contribution in [0.3, 0.4) is 0 Å². The molecule has 0 aromatic carbocycles. The topological polar surface area (TPSA) is 71.8 Å². The van der Waals surface area contributed by atoms with E-state index >= 15 is 0 Å². The highest BCUT2D eigenvalue weighted by Crippen LogP contribution is 2.14. The van der Waals surface area contributed by atoms with Crippen molar-refractivity contribution in [3.05, 3.63) is 33.2 Å². The molecule has 1 amide bonds. The van der Waals surface area contributed by atoms with Gasteiger partial charge in [-0.15, -0.1) is 0 Å². The monoisotopic (exact) mass is 358 g/mol. The van der Waals surface area contributed by atoms with Crippen LogP contribution in [0.25, 0.3) is 0 Å². The van der Waals surface area contributed by atoms with Crippen molar-refractivity contribution in [1.82, 2.24) is 9.47 Å². The maximum absolute atomic E-state index is 12.2. The lowest BCUT2D eigenvalue weighted by atomic mass is 10.1. The predicted molar refractivity (Wildman–Crippen MR) is 81.0 cm³/mol. The summed E-state index contributed by atoms with van der Waals surface area (Å²) >= 11 is 3.29. The molecule has 0 unspecified atom stereocenters. The fourth-order valence-electron chi connectivity index (χ4n) is 2.36. The Morgan fingerprint density at radius 3 is 2.76 bits per heavy atom. The molecule has 0 bridgehead atoms. The van der Waals surface area contributed by atoms with Crippen molar-refractivity contribution in [2.45, 2.75) is 25.5 Å². The van der Waals surface area contributed by atoms with Gasteiger partial charge in [-0.3, -0.25) is 9.59 Å². The van der Waals surface area contributed by atoms with Crippen molar-refractivity contribution in [1.29, 1.82) is 0 Å². The summed E-state index contributed by atoms with van der Waals surface area (Å²) in [5.74, 6) is -0.0594. The molecule has 0 aliphatic carbocycles. The number of aliphatic hydroxyl groups is 1. The molecule has 0 saturated carbocycles. The van der Waals surface area contributed by atoms with Gasteiger partial charge in [-0.25, -0.2) is 0 Å². The molecule has 1 aromatic rings. The van der Waals surface area contributed by atoms with Crippen molar-refractivity contribution in [3.8, 4) is 0 Å². The van der Waals surface area contributed by atoms with Crippen molar-refractivity contribution in [3.63, 3.8) is 0 Å². The van der Waals surface area contributed by atoms with Crippen LogP contribution in [-0.4, -0.2) is 52.9 Å². The number of carbonyl (C=O) groups is 1. The molecule has 21 heavy (non-hydrogen) atoms. The number of likely N-dealkylation sites (tertiary alicyclic amines) is 1. The van der Waals surface area contributed by atoms with Crippen LogP contribution in [0.2, 0.25) is 0 Å². The molecule has 1 N–H and O–H groups in total. The molecule has 1 aliphatic rings. The molecule has 2 heterocycles. The Morgan fingerprint density at radius 2 is 2.10 bits per heavy atom. The van der Waals surface area contributed by atoms with Crippen LogP contribution in [-0.2, 0) is 16.1 Å². The van der Waals surface area contributed by atoms with Crippen molar-refractivity contribution in [2.24, 2.45) is 0 Å². The lowest BCUT2D eigenvalue weighted by molar-refractivity contribution is -0.134. The molecule has 1 aromatic heterocycles. The van der Waals surface area contributed by atoms with Gasteiger partial charge in [0.2, 0.25) is 5.91 Å². The first kappa shape index (κ1) is 16.2. The summed E-state index contributed by atoms with van der Waals surface area (Å²) in [4.78, 5) is 25.7. The van der Waals surface area contributed by atoms with E-state index in [1.165, 1.54) is 10.6 Å². The minimum Gasteiger partial charge on any atom is -0.394 e. The van der Waals surface area contributed by atoms with Crippen LogP contribution in [0.4, 0.5) is 0 Å².